The predicted octanol–water partition coefficient (Wildman–Crippen LogP) is 3.28. The lowest BCUT2D eigenvalue weighted by atomic mass is 10.1. The van der Waals surface area contributed by atoms with Crippen LogP contribution in [0.1, 0.15) is 17.2 Å². The van der Waals surface area contributed by atoms with E-state index in [0.29, 0.717) is 0 Å². The van der Waals surface area contributed by atoms with Crippen LogP contribution in [0.3, 0.4) is 0 Å². The van der Waals surface area contributed by atoms with Gasteiger partial charge in [-0.05, 0) is 21.7 Å². The number of nitrogens with one attached hydrogen (secondary N) is 1. The van der Waals surface area contributed by atoms with E-state index in [1.165, 1.54) is 21.7 Å². The third kappa shape index (κ3) is 3.01. The molecule has 2 nitrogen and oxygen atoms in total. The number of benzene rings is 3. The number of aliphatic hydroxyl groups is 1. The first-order chi connectivity index (χ1) is 11.8. The van der Waals surface area contributed by atoms with Crippen molar-refractivity contribution < 1.29 is 5.11 Å². The van der Waals surface area contributed by atoms with Crippen LogP contribution in [0.25, 0.3) is 0 Å². The highest BCUT2D eigenvalue weighted by Crippen LogP contribution is 2.39. The molecule has 0 saturated heterocycles. The Balaban J connectivity index is 1.71. The van der Waals surface area contributed by atoms with Crippen molar-refractivity contribution in [3.8, 4) is 0 Å². The van der Waals surface area contributed by atoms with Crippen molar-refractivity contribution in [1.29, 1.82) is 0 Å². The smallest absolute Gasteiger partial charge is 0.0778 e. The van der Waals surface area contributed by atoms with Gasteiger partial charge in [0, 0.05) is 14.5 Å². The van der Waals surface area contributed by atoms with Crippen molar-refractivity contribution in [3.63, 3.8) is 0 Å². The molecule has 1 aliphatic carbocycles. The molecule has 1 aliphatic rings. The maximum Gasteiger partial charge on any atom is 0.0778 e. The van der Waals surface area contributed by atoms with Gasteiger partial charge in [0.2, 0.25) is 0 Å². The van der Waals surface area contributed by atoms with E-state index in [-0.39, 0.29) is 12.1 Å². The summed E-state index contributed by atoms with van der Waals surface area (Å²) in [7, 11) is -0.723. The molecule has 2 N–H and O–H groups in total. The number of rotatable bonds is 4. The Kier molecular flexibility index (Phi) is 4.44. The first-order valence-electron chi connectivity index (χ1n) is 8.25. The van der Waals surface area contributed by atoms with Crippen molar-refractivity contribution in [2.45, 2.75) is 18.6 Å². The maximum absolute atomic E-state index is 10.6. The molecule has 0 radical (unpaired) electrons. The molecule has 3 heteroatoms. The highest BCUT2D eigenvalue weighted by atomic mass is 31.1. The number of hydrogen-bond acceptors (Lipinski definition) is 2. The van der Waals surface area contributed by atoms with Crippen LogP contribution in [0.2, 0.25) is 0 Å². The van der Waals surface area contributed by atoms with Gasteiger partial charge in [0.15, 0.2) is 0 Å². The van der Waals surface area contributed by atoms with Gasteiger partial charge in [0.1, 0.15) is 0 Å². The first-order valence-corrected chi connectivity index (χ1v) is 9.59. The zero-order chi connectivity index (χ0) is 16.4. The van der Waals surface area contributed by atoms with Gasteiger partial charge < -0.3 is 5.11 Å². The second-order valence-electron chi connectivity index (χ2n) is 6.08. The Morgan fingerprint density at radius 1 is 0.750 bits per heavy atom. The summed E-state index contributed by atoms with van der Waals surface area (Å²) in [5.41, 5.74) is 2.47. The number of aliphatic hydroxyl groups excluding tert-OH is 1. The Morgan fingerprint density at radius 3 is 1.92 bits per heavy atom. The zero-order valence-electron chi connectivity index (χ0n) is 13.3. The molecule has 0 aromatic heterocycles. The van der Waals surface area contributed by atoms with Crippen molar-refractivity contribution in [3.05, 3.63) is 96.1 Å². The SMILES string of the molecule is O[C@@H]1Cc2ccccc2[C@H]1NP(c1ccccc1)c1ccccc1. The predicted molar refractivity (Wildman–Crippen MR) is 101 cm³/mol. The van der Waals surface area contributed by atoms with Crippen LogP contribution < -0.4 is 15.7 Å². The average molecular weight is 333 g/mol. The Morgan fingerprint density at radius 2 is 1.29 bits per heavy atom. The van der Waals surface area contributed by atoms with E-state index in [1.807, 2.05) is 18.2 Å². The van der Waals surface area contributed by atoms with Gasteiger partial charge in [-0.25, -0.2) is 0 Å². The first kappa shape index (κ1) is 15.5. The van der Waals surface area contributed by atoms with Crippen LogP contribution in [-0.4, -0.2) is 11.2 Å². The molecular weight excluding hydrogens is 313 g/mol. The Hall–Kier alpha value is -1.99. The second-order valence-corrected chi connectivity index (χ2v) is 8.05. The molecule has 0 bridgehead atoms. The van der Waals surface area contributed by atoms with E-state index in [9.17, 15) is 5.11 Å². The van der Waals surface area contributed by atoms with Gasteiger partial charge in [-0.1, -0.05) is 84.9 Å². The molecule has 0 fully saturated rings. The van der Waals surface area contributed by atoms with E-state index in [0.717, 1.165) is 6.42 Å². The van der Waals surface area contributed by atoms with Crippen molar-refractivity contribution in [2.24, 2.45) is 0 Å². The van der Waals surface area contributed by atoms with Gasteiger partial charge in [-0.2, -0.15) is 0 Å². The van der Waals surface area contributed by atoms with Crippen LogP contribution in [0.4, 0.5) is 0 Å². The fraction of sp³-hybridized carbons (Fsp3) is 0.143. The standard InChI is InChI=1S/C21H20NOP/c23-20-15-16-9-7-8-14-19(16)21(20)22-24(17-10-3-1-4-11-17)18-12-5-2-6-13-18/h1-14,20-23H,15H2/t20-,21-/m1/s1. The normalized spacial score (nSPS) is 19.4. The second kappa shape index (κ2) is 6.86. The van der Waals surface area contributed by atoms with Gasteiger partial charge in [0.05, 0.1) is 12.1 Å². The lowest BCUT2D eigenvalue weighted by molar-refractivity contribution is 0.152. The van der Waals surface area contributed by atoms with Gasteiger partial charge >= 0.3 is 0 Å². The third-order valence-corrected chi connectivity index (χ3v) is 6.67. The Labute approximate surface area is 144 Å². The van der Waals surface area contributed by atoms with E-state index in [2.05, 4.69) is 71.8 Å². The minimum Gasteiger partial charge on any atom is -0.391 e. The lowest BCUT2D eigenvalue weighted by Gasteiger charge is -2.26. The lowest BCUT2D eigenvalue weighted by Crippen LogP contribution is -2.31. The summed E-state index contributed by atoms with van der Waals surface area (Å²) >= 11 is 0. The summed E-state index contributed by atoms with van der Waals surface area (Å²) in [6.45, 7) is 0. The number of fused-ring (bicyclic) bond motifs is 1. The molecule has 120 valence electrons. The van der Waals surface area contributed by atoms with Crippen molar-refractivity contribution in [2.75, 3.05) is 0 Å². The monoisotopic (exact) mass is 333 g/mol. The molecule has 4 rings (SSSR count). The van der Waals surface area contributed by atoms with Crippen molar-refractivity contribution >= 4 is 18.7 Å². The molecule has 0 unspecified atom stereocenters. The third-order valence-electron chi connectivity index (χ3n) is 4.50. The molecular formula is C21H20NOP. The maximum atomic E-state index is 10.6. The summed E-state index contributed by atoms with van der Waals surface area (Å²) in [6, 6.07) is 29.4. The molecule has 0 saturated carbocycles. The largest absolute Gasteiger partial charge is 0.391 e. The highest BCUT2D eigenvalue weighted by molar-refractivity contribution is 7.71. The minimum absolute atomic E-state index is 0.0206. The molecule has 0 heterocycles. The van der Waals surface area contributed by atoms with Crippen LogP contribution in [0.5, 0.6) is 0 Å². The molecule has 3 aromatic carbocycles. The van der Waals surface area contributed by atoms with Gasteiger partial charge in [0.25, 0.3) is 0 Å². The fourth-order valence-electron chi connectivity index (χ4n) is 3.32. The van der Waals surface area contributed by atoms with Crippen LogP contribution >= 0.6 is 8.07 Å². The summed E-state index contributed by atoms with van der Waals surface area (Å²) in [4.78, 5) is 0. The quantitative estimate of drug-likeness (QED) is 0.718. The van der Waals surface area contributed by atoms with E-state index >= 15 is 0 Å². The zero-order valence-corrected chi connectivity index (χ0v) is 14.2. The molecule has 3 aromatic rings. The minimum atomic E-state index is -0.723. The average Bonchev–Trinajstić information content (AvgIpc) is 2.96. The topological polar surface area (TPSA) is 32.3 Å². The van der Waals surface area contributed by atoms with E-state index < -0.39 is 8.07 Å². The van der Waals surface area contributed by atoms with Gasteiger partial charge in [-0.3, -0.25) is 5.09 Å². The number of hydrogen-bond donors (Lipinski definition) is 2. The fourth-order valence-corrected chi connectivity index (χ4v) is 5.45. The highest BCUT2D eigenvalue weighted by Gasteiger charge is 2.32. The van der Waals surface area contributed by atoms with Crippen LogP contribution in [-0.2, 0) is 6.42 Å². The summed E-state index contributed by atoms with van der Waals surface area (Å²) < 4.78 is 0. The molecule has 0 amide bonds. The summed E-state index contributed by atoms with van der Waals surface area (Å²) in [5, 5.41) is 16.9. The van der Waals surface area contributed by atoms with Crippen molar-refractivity contribution in [1.82, 2.24) is 5.09 Å². The van der Waals surface area contributed by atoms with Gasteiger partial charge in [-0.15, -0.1) is 0 Å². The van der Waals surface area contributed by atoms with E-state index in [4.69, 9.17) is 0 Å². The summed E-state index contributed by atoms with van der Waals surface area (Å²) in [6.07, 6.45) is 0.348. The summed E-state index contributed by atoms with van der Waals surface area (Å²) in [5.74, 6) is 0. The van der Waals surface area contributed by atoms with Crippen LogP contribution in [0, 0.1) is 0 Å². The molecule has 2 atom stereocenters. The van der Waals surface area contributed by atoms with Crippen LogP contribution in [0.15, 0.2) is 84.9 Å². The Bertz CT molecular complexity index is 767. The van der Waals surface area contributed by atoms with E-state index in [1.54, 1.807) is 0 Å². The molecule has 0 spiro atoms. The molecule has 24 heavy (non-hydrogen) atoms. The molecule has 0 aliphatic heterocycles.